The largest absolute Gasteiger partial charge is 0.868 e. The summed E-state index contributed by atoms with van der Waals surface area (Å²) in [5, 5.41) is 10.7. The van der Waals surface area contributed by atoms with Crippen LogP contribution in [0.1, 0.15) is 5.69 Å². The lowest BCUT2D eigenvalue weighted by Gasteiger charge is -2.02. The minimum Gasteiger partial charge on any atom is -0.868 e. The van der Waals surface area contributed by atoms with Crippen molar-refractivity contribution in [2.24, 2.45) is 12.8 Å². The molecule has 3 nitrogen and oxygen atoms in total. The molecule has 2 N–H and O–H groups in total. The topological polar surface area (TPSA) is 53.0 Å². The van der Waals surface area contributed by atoms with Gasteiger partial charge < -0.3 is 10.8 Å². The molecule has 0 aliphatic heterocycles. The predicted molar refractivity (Wildman–Crippen MR) is 35.0 cm³/mol. The summed E-state index contributed by atoms with van der Waals surface area (Å²) in [5.41, 5.74) is 6.34. The first kappa shape index (κ1) is 7.02. The van der Waals surface area contributed by atoms with E-state index in [9.17, 15) is 5.11 Å². The molecule has 0 aliphatic carbocycles. The summed E-state index contributed by atoms with van der Waals surface area (Å²) in [7, 11) is 1.81. The monoisotopic (exact) mass is 138 g/mol. The van der Waals surface area contributed by atoms with Gasteiger partial charge in [0.25, 0.3) is 0 Å². The minimum atomic E-state index is 0.0136. The summed E-state index contributed by atoms with van der Waals surface area (Å²) in [4.78, 5) is 0. The van der Waals surface area contributed by atoms with Gasteiger partial charge in [-0.15, -0.1) is 0 Å². The third-order valence-electron chi connectivity index (χ3n) is 1.42. The first-order valence-corrected chi connectivity index (χ1v) is 3.09. The fourth-order valence-corrected chi connectivity index (χ4v) is 0.825. The van der Waals surface area contributed by atoms with Crippen LogP contribution in [-0.2, 0) is 13.6 Å². The Hall–Kier alpha value is -1.09. The molecular weight excluding hydrogens is 128 g/mol. The Labute approximate surface area is 59.7 Å². The second-order valence-electron chi connectivity index (χ2n) is 2.17. The SMILES string of the molecule is C[n+]1cc([O-])ccc1CN. The average molecular weight is 138 g/mol. The zero-order chi connectivity index (χ0) is 7.56. The van der Waals surface area contributed by atoms with Crippen molar-refractivity contribution in [1.82, 2.24) is 0 Å². The van der Waals surface area contributed by atoms with Crippen molar-refractivity contribution in [3.05, 3.63) is 24.0 Å². The number of nitrogens with two attached hydrogens (primary N) is 1. The number of hydrogen-bond donors (Lipinski definition) is 1. The summed E-state index contributed by atoms with van der Waals surface area (Å²) in [6.07, 6.45) is 1.52. The Balaban J connectivity index is 3.07. The fourth-order valence-electron chi connectivity index (χ4n) is 0.825. The molecule has 0 fully saturated rings. The predicted octanol–water partition coefficient (Wildman–Crippen LogP) is -0.957. The van der Waals surface area contributed by atoms with Crippen LogP contribution in [0, 0.1) is 0 Å². The van der Waals surface area contributed by atoms with Gasteiger partial charge in [-0.3, -0.25) is 0 Å². The van der Waals surface area contributed by atoms with Crippen molar-refractivity contribution in [1.29, 1.82) is 0 Å². The lowest BCUT2D eigenvalue weighted by molar-refractivity contribution is -0.681. The molecule has 3 heteroatoms. The Kier molecular flexibility index (Phi) is 1.87. The smallest absolute Gasteiger partial charge is 0.194 e. The van der Waals surface area contributed by atoms with Gasteiger partial charge >= 0.3 is 0 Å². The maximum Gasteiger partial charge on any atom is 0.194 e. The maximum absolute atomic E-state index is 10.7. The van der Waals surface area contributed by atoms with Crippen LogP contribution in [0.25, 0.3) is 0 Å². The molecule has 0 saturated carbocycles. The quantitative estimate of drug-likeness (QED) is 0.508. The molecule has 1 rings (SSSR count). The molecular formula is C7H10N2O. The third kappa shape index (κ3) is 1.25. The van der Waals surface area contributed by atoms with Crippen molar-refractivity contribution in [3.8, 4) is 5.75 Å². The van der Waals surface area contributed by atoms with Crippen molar-refractivity contribution < 1.29 is 9.67 Å². The van der Waals surface area contributed by atoms with Crippen molar-refractivity contribution >= 4 is 0 Å². The molecule has 0 spiro atoms. The van der Waals surface area contributed by atoms with Gasteiger partial charge in [0.05, 0.1) is 6.54 Å². The van der Waals surface area contributed by atoms with Gasteiger partial charge in [0.1, 0.15) is 7.05 Å². The second kappa shape index (κ2) is 2.66. The highest BCUT2D eigenvalue weighted by molar-refractivity contribution is 5.11. The van der Waals surface area contributed by atoms with Gasteiger partial charge in [-0.2, -0.15) is 0 Å². The van der Waals surface area contributed by atoms with Crippen LogP contribution in [0.4, 0.5) is 0 Å². The van der Waals surface area contributed by atoms with E-state index in [1.165, 1.54) is 12.3 Å². The fraction of sp³-hybridized carbons (Fsp3) is 0.286. The lowest BCUT2D eigenvalue weighted by Crippen LogP contribution is -2.34. The van der Waals surface area contributed by atoms with Crippen LogP contribution >= 0.6 is 0 Å². The van der Waals surface area contributed by atoms with Crippen LogP contribution in [-0.4, -0.2) is 0 Å². The molecule has 1 aromatic heterocycles. The van der Waals surface area contributed by atoms with E-state index in [4.69, 9.17) is 5.73 Å². The van der Waals surface area contributed by atoms with Gasteiger partial charge in [-0.25, -0.2) is 4.57 Å². The van der Waals surface area contributed by atoms with Crippen LogP contribution in [0.15, 0.2) is 18.3 Å². The first-order chi connectivity index (χ1) is 4.74. The highest BCUT2D eigenvalue weighted by Gasteiger charge is 1.99. The van der Waals surface area contributed by atoms with Crippen molar-refractivity contribution in [2.75, 3.05) is 0 Å². The molecule has 0 atom stereocenters. The van der Waals surface area contributed by atoms with Gasteiger partial charge in [0.15, 0.2) is 11.9 Å². The zero-order valence-corrected chi connectivity index (χ0v) is 5.87. The molecule has 1 heterocycles. The van der Waals surface area contributed by atoms with E-state index >= 15 is 0 Å². The molecule has 1 aromatic rings. The second-order valence-corrected chi connectivity index (χ2v) is 2.17. The van der Waals surface area contributed by atoms with Crippen LogP contribution in [0.2, 0.25) is 0 Å². The number of aromatic nitrogens is 1. The van der Waals surface area contributed by atoms with E-state index in [0.29, 0.717) is 6.54 Å². The number of rotatable bonds is 1. The summed E-state index contributed by atoms with van der Waals surface area (Å²) in [5.74, 6) is 0.0136. The number of pyridine rings is 1. The van der Waals surface area contributed by atoms with E-state index in [1.54, 1.807) is 10.6 Å². The molecule has 0 aromatic carbocycles. The lowest BCUT2D eigenvalue weighted by atomic mass is 10.3. The summed E-state index contributed by atoms with van der Waals surface area (Å²) in [6.45, 7) is 0.469. The van der Waals surface area contributed by atoms with Crippen LogP contribution in [0.5, 0.6) is 5.75 Å². The van der Waals surface area contributed by atoms with Gasteiger partial charge in [0.2, 0.25) is 0 Å². The Morgan fingerprint density at radius 3 is 2.80 bits per heavy atom. The minimum absolute atomic E-state index is 0.0136. The molecule has 0 amide bonds. The molecule has 54 valence electrons. The van der Waals surface area contributed by atoms with E-state index in [2.05, 4.69) is 0 Å². The van der Waals surface area contributed by atoms with Crippen molar-refractivity contribution in [3.63, 3.8) is 0 Å². The van der Waals surface area contributed by atoms with Crippen LogP contribution in [0.3, 0.4) is 0 Å². The number of nitrogens with zero attached hydrogens (tertiary/aromatic N) is 1. The standard InChI is InChI=1S/C7H10N2O/c1-9-5-7(10)3-2-6(9)4-8/h2-3,5H,4,8H2,1H3. The Morgan fingerprint density at radius 1 is 1.60 bits per heavy atom. The zero-order valence-electron chi connectivity index (χ0n) is 5.87. The van der Waals surface area contributed by atoms with E-state index in [1.807, 2.05) is 7.05 Å². The number of aryl methyl sites for hydroxylation is 1. The summed E-state index contributed by atoms with van der Waals surface area (Å²) in [6, 6.07) is 3.25. The molecule has 0 bridgehead atoms. The normalized spacial score (nSPS) is 9.80. The Bertz CT molecular complexity index is 235. The van der Waals surface area contributed by atoms with E-state index in [-0.39, 0.29) is 5.75 Å². The molecule has 10 heavy (non-hydrogen) atoms. The molecule has 0 aliphatic rings. The number of hydrogen-bond acceptors (Lipinski definition) is 2. The average Bonchev–Trinajstić information content (AvgIpc) is 1.88. The van der Waals surface area contributed by atoms with Gasteiger partial charge in [0, 0.05) is 6.07 Å². The van der Waals surface area contributed by atoms with E-state index in [0.717, 1.165) is 5.69 Å². The van der Waals surface area contributed by atoms with E-state index < -0.39 is 0 Å². The molecule has 0 saturated heterocycles. The third-order valence-corrected chi connectivity index (χ3v) is 1.42. The van der Waals surface area contributed by atoms with Gasteiger partial charge in [-0.05, 0) is 5.75 Å². The van der Waals surface area contributed by atoms with Crippen molar-refractivity contribution in [2.45, 2.75) is 6.54 Å². The highest BCUT2D eigenvalue weighted by Crippen LogP contribution is 1.98. The Morgan fingerprint density at radius 2 is 2.30 bits per heavy atom. The summed E-state index contributed by atoms with van der Waals surface area (Å²) < 4.78 is 1.74. The summed E-state index contributed by atoms with van der Waals surface area (Å²) >= 11 is 0. The first-order valence-electron chi connectivity index (χ1n) is 3.09. The maximum atomic E-state index is 10.7. The van der Waals surface area contributed by atoms with Gasteiger partial charge in [-0.1, -0.05) is 6.07 Å². The molecule has 0 unspecified atom stereocenters. The van der Waals surface area contributed by atoms with Crippen LogP contribution < -0.4 is 15.4 Å². The highest BCUT2D eigenvalue weighted by atomic mass is 16.3. The molecule has 0 radical (unpaired) electrons.